The van der Waals surface area contributed by atoms with Crippen molar-refractivity contribution < 1.29 is 0 Å². The molecule has 0 aromatic carbocycles. The Labute approximate surface area is 134 Å². The van der Waals surface area contributed by atoms with Crippen molar-refractivity contribution in [1.29, 1.82) is 0 Å². The molecule has 0 saturated carbocycles. The van der Waals surface area contributed by atoms with E-state index in [1.807, 2.05) is 0 Å². The lowest BCUT2D eigenvalue weighted by molar-refractivity contribution is -0.278. The van der Waals surface area contributed by atoms with Crippen molar-refractivity contribution in [2.75, 3.05) is 39.3 Å². The van der Waals surface area contributed by atoms with Gasteiger partial charge in [0.1, 0.15) is 0 Å². The van der Waals surface area contributed by atoms with Gasteiger partial charge in [-0.3, -0.25) is 0 Å². The Morgan fingerprint density at radius 1 is 0.429 bits per heavy atom. The molecule has 0 bridgehead atoms. The van der Waals surface area contributed by atoms with Crippen molar-refractivity contribution in [1.82, 2.24) is 20.3 Å². The minimum absolute atomic E-state index is 1.08. The number of hydrogen-bond acceptors (Lipinski definition) is 4. The van der Waals surface area contributed by atoms with Gasteiger partial charge in [0.15, 0.2) is 0 Å². The van der Waals surface area contributed by atoms with Crippen LogP contribution in [0.5, 0.6) is 0 Å². The summed E-state index contributed by atoms with van der Waals surface area (Å²) in [5.74, 6) is 0. The van der Waals surface area contributed by atoms with Crippen molar-refractivity contribution in [3.8, 4) is 0 Å². The molecule has 0 saturated heterocycles. The topological polar surface area (TPSA) is 13.0 Å². The molecule has 0 atom stereocenters. The van der Waals surface area contributed by atoms with Crippen LogP contribution in [0.3, 0.4) is 0 Å². The van der Waals surface area contributed by atoms with E-state index < -0.39 is 0 Å². The van der Waals surface area contributed by atoms with E-state index in [9.17, 15) is 0 Å². The van der Waals surface area contributed by atoms with Crippen molar-refractivity contribution in [3.63, 3.8) is 0 Å². The first-order valence-corrected chi connectivity index (χ1v) is 9.24. The Morgan fingerprint density at radius 2 is 0.762 bits per heavy atom. The van der Waals surface area contributed by atoms with Gasteiger partial charge in [0.05, 0.1) is 0 Å². The second-order valence-corrected chi connectivity index (χ2v) is 5.69. The zero-order valence-corrected chi connectivity index (χ0v) is 15.6. The number of nitrogens with zero attached hydrogens (tertiary/aromatic N) is 4. The zero-order valence-electron chi connectivity index (χ0n) is 15.6. The van der Waals surface area contributed by atoms with Gasteiger partial charge in [-0.2, -0.15) is 10.2 Å². The highest BCUT2D eigenvalue weighted by Gasteiger charge is 2.24. The monoisotopic (exact) mass is 300 g/mol. The summed E-state index contributed by atoms with van der Waals surface area (Å²) in [5, 5.41) is 10.1. The molecule has 0 aliphatic rings. The minimum atomic E-state index is 1.08. The second kappa shape index (κ2) is 13.5. The number of rotatable bonds is 14. The third kappa shape index (κ3) is 7.59. The molecule has 0 spiro atoms. The Kier molecular flexibility index (Phi) is 13.4. The molecule has 0 radical (unpaired) electrons. The fourth-order valence-electron chi connectivity index (χ4n) is 2.76. The van der Waals surface area contributed by atoms with Gasteiger partial charge in [0.25, 0.3) is 0 Å². The van der Waals surface area contributed by atoms with Gasteiger partial charge in [-0.25, -0.2) is 10.0 Å². The van der Waals surface area contributed by atoms with Crippen LogP contribution in [0, 0.1) is 0 Å². The Morgan fingerprint density at radius 3 is 1.10 bits per heavy atom. The molecule has 0 aromatic heterocycles. The third-order valence-corrected chi connectivity index (χ3v) is 3.58. The molecule has 4 heteroatoms. The Bertz CT molecular complexity index is 217. The van der Waals surface area contributed by atoms with Crippen molar-refractivity contribution >= 4 is 0 Å². The molecule has 0 N–H and O–H groups in total. The van der Waals surface area contributed by atoms with Crippen LogP contribution in [0.4, 0.5) is 0 Å². The molecule has 128 valence electrons. The summed E-state index contributed by atoms with van der Waals surface area (Å²) < 4.78 is 0. The highest BCUT2D eigenvalue weighted by Crippen LogP contribution is 2.12. The normalized spacial score (nSPS) is 12.3. The van der Waals surface area contributed by atoms with Crippen LogP contribution in [0.2, 0.25) is 0 Å². The molecule has 0 fully saturated rings. The summed E-state index contributed by atoms with van der Waals surface area (Å²) in [5.41, 5.74) is 0. The van der Waals surface area contributed by atoms with Crippen molar-refractivity contribution in [2.45, 2.75) is 73.6 Å². The summed E-state index contributed by atoms with van der Waals surface area (Å²) in [4.78, 5) is 0. The van der Waals surface area contributed by atoms with Gasteiger partial charge < -0.3 is 0 Å². The highest BCUT2D eigenvalue weighted by molar-refractivity contribution is 4.59. The predicted octanol–water partition coefficient (Wildman–Crippen LogP) is 4.01. The number of hydrogen-bond donors (Lipinski definition) is 0. The second-order valence-electron chi connectivity index (χ2n) is 5.69. The van der Waals surface area contributed by atoms with E-state index in [1.54, 1.807) is 0 Å². The first-order valence-electron chi connectivity index (χ1n) is 9.24. The number of hydrazine groups is 3. The van der Waals surface area contributed by atoms with Gasteiger partial charge in [-0.1, -0.05) is 41.5 Å². The Hall–Kier alpha value is -0.160. The van der Waals surface area contributed by atoms with E-state index in [1.165, 1.54) is 32.1 Å². The summed E-state index contributed by atoms with van der Waals surface area (Å²) in [6, 6.07) is 0. The van der Waals surface area contributed by atoms with E-state index in [4.69, 9.17) is 0 Å². The molecule has 0 heterocycles. The average Bonchev–Trinajstić information content (AvgIpc) is 2.48. The zero-order chi connectivity index (χ0) is 16.1. The van der Waals surface area contributed by atoms with E-state index in [-0.39, 0.29) is 0 Å². The SMILES string of the molecule is CCCN(CC)N(CCC)N(CCC)N(CCC)CCC. The van der Waals surface area contributed by atoms with Crippen LogP contribution in [-0.2, 0) is 0 Å². The van der Waals surface area contributed by atoms with Gasteiger partial charge in [0.2, 0.25) is 0 Å². The maximum absolute atomic E-state index is 2.55. The fraction of sp³-hybridized carbons (Fsp3) is 1.00. The van der Waals surface area contributed by atoms with Crippen LogP contribution < -0.4 is 0 Å². The first-order chi connectivity index (χ1) is 10.2. The summed E-state index contributed by atoms with van der Waals surface area (Å²) in [6.07, 6.45) is 6.00. The highest BCUT2D eigenvalue weighted by atomic mass is 16.0. The maximum Gasteiger partial charge on any atom is 0.0304 e. The summed E-state index contributed by atoms with van der Waals surface area (Å²) in [7, 11) is 0. The standard InChI is InChI=1S/C17H40N4/c1-7-13-18(12-6)20(16-10-4)21(17-11-5)19(14-8-2)15-9-3/h7-17H2,1-6H3. The molecule has 21 heavy (non-hydrogen) atoms. The Balaban J connectivity index is 5.15. The molecule has 0 aliphatic carbocycles. The van der Waals surface area contributed by atoms with E-state index in [0.29, 0.717) is 0 Å². The third-order valence-electron chi connectivity index (χ3n) is 3.58. The first kappa shape index (κ1) is 20.8. The quantitative estimate of drug-likeness (QED) is 0.449. The lowest BCUT2D eigenvalue weighted by atomic mass is 10.4. The molecule has 0 unspecified atom stereocenters. The van der Waals surface area contributed by atoms with Crippen molar-refractivity contribution in [2.24, 2.45) is 0 Å². The smallest absolute Gasteiger partial charge is 0.0304 e. The van der Waals surface area contributed by atoms with Gasteiger partial charge in [-0.15, -0.1) is 0 Å². The van der Waals surface area contributed by atoms with E-state index in [0.717, 1.165) is 39.3 Å². The molecule has 0 aromatic rings. The van der Waals surface area contributed by atoms with Crippen molar-refractivity contribution in [3.05, 3.63) is 0 Å². The molecule has 0 rings (SSSR count). The molecule has 4 nitrogen and oxygen atoms in total. The largest absolute Gasteiger partial charge is 0.227 e. The molecular formula is C17H40N4. The van der Waals surface area contributed by atoms with Gasteiger partial charge in [-0.05, 0) is 32.1 Å². The van der Waals surface area contributed by atoms with Crippen LogP contribution in [-0.4, -0.2) is 59.5 Å². The van der Waals surface area contributed by atoms with Crippen LogP contribution in [0.1, 0.15) is 73.6 Å². The fourth-order valence-corrected chi connectivity index (χ4v) is 2.76. The van der Waals surface area contributed by atoms with Gasteiger partial charge in [0, 0.05) is 39.3 Å². The molecular weight excluding hydrogens is 260 g/mol. The van der Waals surface area contributed by atoms with E-state index in [2.05, 4.69) is 61.8 Å². The van der Waals surface area contributed by atoms with Crippen LogP contribution in [0.15, 0.2) is 0 Å². The predicted molar refractivity (Wildman–Crippen MR) is 93.7 cm³/mol. The summed E-state index contributed by atoms with van der Waals surface area (Å²) in [6.45, 7) is 20.4. The lowest BCUT2D eigenvalue weighted by Crippen LogP contribution is -2.60. The minimum Gasteiger partial charge on any atom is -0.227 e. The van der Waals surface area contributed by atoms with E-state index >= 15 is 0 Å². The molecule has 0 amide bonds. The maximum atomic E-state index is 2.55. The summed E-state index contributed by atoms with van der Waals surface area (Å²) >= 11 is 0. The average molecular weight is 301 g/mol. The van der Waals surface area contributed by atoms with Crippen LogP contribution >= 0.6 is 0 Å². The molecule has 0 aliphatic heterocycles. The lowest BCUT2D eigenvalue weighted by Gasteiger charge is -2.47. The van der Waals surface area contributed by atoms with Gasteiger partial charge >= 0.3 is 0 Å². The van der Waals surface area contributed by atoms with Crippen LogP contribution in [0.25, 0.3) is 0 Å².